The SMILES string of the molecule is Cn1ccc(C(=O)NN=C2CCC(c3ccccc3)CC2)n1. The maximum atomic E-state index is 11.9. The summed E-state index contributed by atoms with van der Waals surface area (Å²) in [5.41, 5.74) is 5.47. The van der Waals surface area contributed by atoms with E-state index in [4.69, 9.17) is 0 Å². The summed E-state index contributed by atoms with van der Waals surface area (Å²) >= 11 is 0. The molecule has 0 bridgehead atoms. The van der Waals surface area contributed by atoms with Crippen molar-refractivity contribution in [3.05, 3.63) is 53.9 Å². The van der Waals surface area contributed by atoms with Gasteiger partial charge in [0, 0.05) is 19.0 Å². The van der Waals surface area contributed by atoms with Gasteiger partial charge < -0.3 is 0 Å². The van der Waals surface area contributed by atoms with Gasteiger partial charge in [0.15, 0.2) is 5.69 Å². The molecule has 5 heteroatoms. The van der Waals surface area contributed by atoms with Crippen LogP contribution in [-0.4, -0.2) is 21.4 Å². The molecule has 22 heavy (non-hydrogen) atoms. The second-order valence-electron chi connectivity index (χ2n) is 5.68. The molecule has 0 spiro atoms. The Balaban J connectivity index is 1.54. The quantitative estimate of drug-likeness (QED) is 0.885. The van der Waals surface area contributed by atoms with E-state index >= 15 is 0 Å². The van der Waals surface area contributed by atoms with Crippen LogP contribution in [0.5, 0.6) is 0 Å². The van der Waals surface area contributed by atoms with E-state index < -0.39 is 0 Å². The number of rotatable bonds is 3. The zero-order chi connectivity index (χ0) is 15.4. The van der Waals surface area contributed by atoms with Crippen LogP contribution >= 0.6 is 0 Å². The summed E-state index contributed by atoms with van der Waals surface area (Å²) in [6.07, 6.45) is 5.78. The van der Waals surface area contributed by atoms with Gasteiger partial charge in [-0.15, -0.1) is 0 Å². The van der Waals surface area contributed by atoms with Gasteiger partial charge in [-0.3, -0.25) is 9.48 Å². The minimum Gasteiger partial charge on any atom is -0.275 e. The van der Waals surface area contributed by atoms with Gasteiger partial charge in [0.05, 0.1) is 0 Å². The summed E-state index contributed by atoms with van der Waals surface area (Å²) in [5.74, 6) is 0.352. The van der Waals surface area contributed by atoms with E-state index in [9.17, 15) is 4.79 Å². The lowest BCUT2D eigenvalue weighted by Gasteiger charge is -2.23. The van der Waals surface area contributed by atoms with Gasteiger partial charge in [-0.1, -0.05) is 30.3 Å². The van der Waals surface area contributed by atoms with Crippen molar-refractivity contribution in [2.75, 3.05) is 0 Å². The molecule has 1 aliphatic carbocycles. The number of hydrogen-bond acceptors (Lipinski definition) is 3. The van der Waals surface area contributed by atoms with Gasteiger partial charge in [0.2, 0.25) is 0 Å². The molecule has 114 valence electrons. The molecule has 0 radical (unpaired) electrons. The predicted molar refractivity (Wildman–Crippen MR) is 85.8 cm³/mol. The summed E-state index contributed by atoms with van der Waals surface area (Å²) < 4.78 is 1.60. The highest BCUT2D eigenvalue weighted by molar-refractivity contribution is 5.93. The lowest BCUT2D eigenvalue weighted by Crippen LogP contribution is -2.22. The van der Waals surface area contributed by atoms with Crippen molar-refractivity contribution >= 4 is 11.6 Å². The molecule has 1 amide bonds. The normalized spacial score (nSPS) is 18.0. The van der Waals surface area contributed by atoms with Crippen LogP contribution in [0.4, 0.5) is 0 Å². The molecular weight excluding hydrogens is 276 g/mol. The first-order chi connectivity index (χ1) is 10.7. The summed E-state index contributed by atoms with van der Waals surface area (Å²) in [6.45, 7) is 0. The molecule has 1 fully saturated rings. The number of aryl methyl sites for hydroxylation is 1. The van der Waals surface area contributed by atoms with Gasteiger partial charge >= 0.3 is 0 Å². The number of hydrogen-bond donors (Lipinski definition) is 1. The first-order valence-electron chi connectivity index (χ1n) is 7.63. The fraction of sp³-hybridized carbons (Fsp3) is 0.353. The molecule has 0 atom stereocenters. The van der Waals surface area contributed by atoms with E-state index in [0.717, 1.165) is 31.4 Å². The Morgan fingerprint density at radius 2 is 1.95 bits per heavy atom. The number of carbonyl (C=O) groups excluding carboxylic acids is 1. The predicted octanol–water partition coefficient (Wildman–Crippen LogP) is 2.86. The van der Waals surface area contributed by atoms with Crippen LogP contribution in [0.2, 0.25) is 0 Å². The smallest absolute Gasteiger partial charge is 0.275 e. The van der Waals surface area contributed by atoms with Gasteiger partial charge in [0.1, 0.15) is 0 Å². The molecule has 1 aromatic carbocycles. The number of benzene rings is 1. The molecule has 5 nitrogen and oxygen atoms in total. The highest BCUT2D eigenvalue weighted by Crippen LogP contribution is 2.31. The Morgan fingerprint density at radius 3 is 2.59 bits per heavy atom. The van der Waals surface area contributed by atoms with Crippen molar-refractivity contribution in [1.82, 2.24) is 15.2 Å². The number of amides is 1. The van der Waals surface area contributed by atoms with E-state index in [1.54, 1.807) is 24.0 Å². The summed E-state index contributed by atoms with van der Waals surface area (Å²) in [6, 6.07) is 12.3. The monoisotopic (exact) mass is 296 g/mol. The minimum atomic E-state index is -0.252. The van der Waals surface area contributed by atoms with Gasteiger partial charge in [0.25, 0.3) is 5.91 Å². The van der Waals surface area contributed by atoms with Gasteiger partial charge in [-0.25, -0.2) is 5.43 Å². The fourth-order valence-corrected chi connectivity index (χ4v) is 2.84. The van der Waals surface area contributed by atoms with Crippen LogP contribution in [0.25, 0.3) is 0 Å². The lowest BCUT2D eigenvalue weighted by molar-refractivity contribution is 0.0949. The standard InChI is InChI=1S/C17H20N4O/c1-21-12-11-16(20-21)17(22)19-18-15-9-7-14(8-10-15)13-5-3-2-4-6-13/h2-6,11-12,14H,7-10H2,1H3,(H,19,22). The second-order valence-corrected chi connectivity index (χ2v) is 5.68. The molecule has 0 saturated heterocycles. The van der Waals surface area contributed by atoms with E-state index in [0.29, 0.717) is 11.6 Å². The number of carbonyl (C=O) groups is 1. The van der Waals surface area contributed by atoms with Crippen molar-refractivity contribution in [2.45, 2.75) is 31.6 Å². The van der Waals surface area contributed by atoms with Crippen LogP contribution < -0.4 is 5.43 Å². The largest absolute Gasteiger partial charge is 0.291 e. The van der Waals surface area contributed by atoms with Crippen LogP contribution in [0, 0.1) is 0 Å². The zero-order valence-corrected chi connectivity index (χ0v) is 12.7. The Morgan fingerprint density at radius 1 is 1.23 bits per heavy atom. The molecule has 0 aliphatic heterocycles. The summed E-state index contributed by atoms with van der Waals surface area (Å²) in [5, 5.41) is 8.33. The Labute approximate surface area is 130 Å². The molecule has 2 aromatic rings. The molecule has 1 N–H and O–H groups in total. The summed E-state index contributed by atoms with van der Waals surface area (Å²) in [7, 11) is 1.79. The van der Waals surface area contributed by atoms with Crippen molar-refractivity contribution in [3.8, 4) is 0 Å². The topological polar surface area (TPSA) is 59.3 Å². The number of hydrazone groups is 1. The second kappa shape index (κ2) is 6.56. The lowest BCUT2D eigenvalue weighted by atomic mass is 9.83. The van der Waals surface area contributed by atoms with Crippen molar-refractivity contribution in [2.24, 2.45) is 12.1 Å². The minimum absolute atomic E-state index is 0.252. The van der Waals surface area contributed by atoms with E-state index in [1.165, 1.54) is 5.56 Å². The third-order valence-corrected chi connectivity index (χ3v) is 4.10. The average molecular weight is 296 g/mol. The molecule has 1 heterocycles. The first kappa shape index (κ1) is 14.5. The number of aromatic nitrogens is 2. The Hall–Kier alpha value is -2.43. The zero-order valence-electron chi connectivity index (χ0n) is 12.7. The van der Waals surface area contributed by atoms with E-state index in [-0.39, 0.29) is 5.91 Å². The van der Waals surface area contributed by atoms with Crippen LogP contribution in [0.3, 0.4) is 0 Å². The van der Waals surface area contributed by atoms with Crippen LogP contribution in [0.1, 0.15) is 47.7 Å². The third-order valence-electron chi connectivity index (χ3n) is 4.10. The van der Waals surface area contributed by atoms with E-state index in [1.807, 2.05) is 6.07 Å². The Bertz CT molecular complexity index is 665. The first-order valence-corrected chi connectivity index (χ1v) is 7.63. The molecular formula is C17H20N4O. The molecule has 1 aliphatic rings. The molecule has 3 rings (SSSR count). The number of nitrogens with zero attached hydrogens (tertiary/aromatic N) is 3. The maximum absolute atomic E-state index is 11.9. The molecule has 1 saturated carbocycles. The highest BCUT2D eigenvalue weighted by Gasteiger charge is 2.19. The fourth-order valence-electron chi connectivity index (χ4n) is 2.84. The average Bonchev–Trinajstić information content (AvgIpc) is 3.00. The van der Waals surface area contributed by atoms with E-state index in [2.05, 4.69) is 39.9 Å². The summed E-state index contributed by atoms with van der Waals surface area (Å²) in [4.78, 5) is 11.9. The number of nitrogens with one attached hydrogen (secondary N) is 1. The van der Waals surface area contributed by atoms with Crippen molar-refractivity contribution in [3.63, 3.8) is 0 Å². The van der Waals surface area contributed by atoms with Crippen molar-refractivity contribution in [1.29, 1.82) is 0 Å². The van der Waals surface area contributed by atoms with Crippen LogP contribution in [-0.2, 0) is 7.05 Å². The highest BCUT2D eigenvalue weighted by atomic mass is 16.2. The van der Waals surface area contributed by atoms with Crippen LogP contribution in [0.15, 0.2) is 47.7 Å². The molecule has 1 aromatic heterocycles. The van der Waals surface area contributed by atoms with Gasteiger partial charge in [-0.05, 0) is 43.2 Å². The van der Waals surface area contributed by atoms with Gasteiger partial charge in [-0.2, -0.15) is 10.2 Å². The maximum Gasteiger partial charge on any atom is 0.291 e. The third kappa shape index (κ3) is 3.42. The molecule has 0 unspecified atom stereocenters. The van der Waals surface area contributed by atoms with Crippen molar-refractivity contribution < 1.29 is 4.79 Å². The Kier molecular flexibility index (Phi) is 4.32.